The summed E-state index contributed by atoms with van der Waals surface area (Å²) in [5.74, 6) is -1.61. The third kappa shape index (κ3) is 12.1. The van der Waals surface area contributed by atoms with Crippen molar-refractivity contribution in [1.29, 1.82) is 0 Å². The number of carboxylic acids is 1. The summed E-state index contributed by atoms with van der Waals surface area (Å²) in [7, 11) is 0. The summed E-state index contributed by atoms with van der Waals surface area (Å²) in [6.07, 6.45) is -1.74. The lowest BCUT2D eigenvalue weighted by Crippen LogP contribution is -2.46. The van der Waals surface area contributed by atoms with Crippen LogP contribution in [-0.2, 0) is 14.3 Å². The molecule has 0 saturated heterocycles. The number of hydrogen-bond donors (Lipinski definition) is 1. The van der Waals surface area contributed by atoms with E-state index in [2.05, 4.69) is 4.99 Å². The van der Waals surface area contributed by atoms with Crippen molar-refractivity contribution in [3.05, 3.63) is 0 Å². The molecular formula is C15H26N3O6S-. The number of carbonyl (C=O) groups excluding carboxylic acids is 3. The summed E-state index contributed by atoms with van der Waals surface area (Å²) >= 11 is 1.03. The summed E-state index contributed by atoms with van der Waals surface area (Å²) < 4.78 is 10.2. The highest BCUT2D eigenvalue weighted by atomic mass is 32.2. The van der Waals surface area contributed by atoms with Gasteiger partial charge in [0.2, 0.25) is 5.96 Å². The molecule has 0 aliphatic carbocycles. The van der Waals surface area contributed by atoms with Crippen LogP contribution in [0.1, 0.15) is 41.5 Å². The number of aliphatic imine (C=N–C) groups is 1. The molecule has 0 fully saturated rings. The number of ether oxygens (including phenoxy) is 2. The molecule has 0 rings (SSSR count). The number of carbonyl (C=O) groups is 3. The van der Waals surface area contributed by atoms with Gasteiger partial charge in [-0.25, -0.2) is 14.5 Å². The minimum absolute atomic E-state index is 0.00495. The van der Waals surface area contributed by atoms with Crippen LogP contribution in [0, 0.1) is 0 Å². The molecule has 0 aliphatic rings. The Bertz CT molecular complexity index is 522. The van der Waals surface area contributed by atoms with E-state index in [0.29, 0.717) is 0 Å². The predicted octanol–water partition coefficient (Wildman–Crippen LogP) is 0.956. The zero-order valence-corrected chi connectivity index (χ0v) is 16.3. The molecule has 0 bridgehead atoms. The fourth-order valence-electron chi connectivity index (χ4n) is 1.37. The fourth-order valence-corrected chi connectivity index (χ4v) is 1.99. The molecule has 0 aliphatic heterocycles. The van der Waals surface area contributed by atoms with Crippen LogP contribution in [0.25, 0.3) is 0 Å². The molecule has 0 aromatic carbocycles. The normalized spacial score (nSPS) is 12.5. The average Bonchev–Trinajstić information content (AvgIpc) is 2.32. The van der Waals surface area contributed by atoms with Crippen molar-refractivity contribution in [2.45, 2.75) is 52.7 Å². The zero-order valence-electron chi connectivity index (χ0n) is 15.5. The maximum absolute atomic E-state index is 12.2. The SMILES string of the molecule is CC(C)(C)OC(=O)/N=C(/N)N(CCSCC(=O)[O-])C(=O)OC(C)(C)C. The van der Waals surface area contributed by atoms with Gasteiger partial charge in [-0.2, -0.15) is 11.8 Å². The maximum atomic E-state index is 12.2. The Kier molecular flexibility index (Phi) is 8.75. The second kappa shape index (κ2) is 9.50. The van der Waals surface area contributed by atoms with E-state index >= 15 is 0 Å². The van der Waals surface area contributed by atoms with Gasteiger partial charge < -0.3 is 25.1 Å². The van der Waals surface area contributed by atoms with E-state index in [-0.39, 0.29) is 18.1 Å². The molecule has 0 saturated carbocycles. The van der Waals surface area contributed by atoms with Gasteiger partial charge >= 0.3 is 12.2 Å². The van der Waals surface area contributed by atoms with Gasteiger partial charge in [0.1, 0.15) is 11.2 Å². The number of amides is 2. The van der Waals surface area contributed by atoms with Crippen molar-refractivity contribution >= 4 is 35.9 Å². The van der Waals surface area contributed by atoms with Crippen molar-refractivity contribution in [1.82, 2.24) is 4.90 Å². The van der Waals surface area contributed by atoms with E-state index in [9.17, 15) is 19.5 Å². The van der Waals surface area contributed by atoms with Crippen LogP contribution < -0.4 is 10.8 Å². The van der Waals surface area contributed by atoms with Crippen molar-refractivity contribution in [3.63, 3.8) is 0 Å². The Morgan fingerprint density at radius 3 is 2.04 bits per heavy atom. The Hall–Kier alpha value is -1.97. The van der Waals surface area contributed by atoms with E-state index in [1.54, 1.807) is 41.5 Å². The second-order valence-corrected chi connectivity index (χ2v) is 8.11. The highest BCUT2D eigenvalue weighted by Crippen LogP contribution is 2.12. The molecule has 0 aromatic rings. The molecule has 2 amide bonds. The van der Waals surface area contributed by atoms with Crippen LogP contribution in [0.3, 0.4) is 0 Å². The van der Waals surface area contributed by atoms with Crippen molar-refractivity contribution in [2.24, 2.45) is 10.7 Å². The molecule has 2 N–H and O–H groups in total. The number of aliphatic carboxylic acids is 1. The van der Waals surface area contributed by atoms with Gasteiger partial charge in [-0.15, -0.1) is 4.99 Å². The Morgan fingerprint density at radius 2 is 1.60 bits per heavy atom. The number of thioether (sulfide) groups is 1. The minimum Gasteiger partial charge on any atom is -0.549 e. The monoisotopic (exact) mass is 376 g/mol. The van der Waals surface area contributed by atoms with Crippen molar-refractivity contribution in [3.8, 4) is 0 Å². The molecule has 0 spiro atoms. The quantitative estimate of drug-likeness (QED) is 0.426. The standard InChI is InChI=1S/C15H27N3O6S/c1-14(2,3)23-12(21)17-11(16)18(7-8-25-9-10(19)20)13(22)24-15(4,5)6/h7-9H2,1-6H3,(H,19,20)(H2,16,17,21)/p-1. The number of carboxylic acid groups (broad SMARTS) is 1. The first-order chi connectivity index (χ1) is 11.2. The van der Waals surface area contributed by atoms with Gasteiger partial charge in [-0.3, -0.25) is 0 Å². The number of nitrogens with zero attached hydrogens (tertiary/aromatic N) is 2. The van der Waals surface area contributed by atoms with Gasteiger partial charge in [0.15, 0.2) is 0 Å². The summed E-state index contributed by atoms with van der Waals surface area (Å²) in [6.45, 7) is 10.0. The molecule has 0 heterocycles. The van der Waals surface area contributed by atoms with Crippen LogP contribution in [-0.4, -0.2) is 58.3 Å². The molecular weight excluding hydrogens is 350 g/mol. The third-order valence-corrected chi connectivity index (χ3v) is 3.08. The molecule has 10 heteroatoms. The first kappa shape index (κ1) is 23.0. The number of guanidine groups is 1. The molecule has 144 valence electrons. The lowest BCUT2D eigenvalue weighted by Gasteiger charge is -2.26. The summed E-state index contributed by atoms with van der Waals surface area (Å²) in [5, 5.41) is 10.4. The molecule has 9 nitrogen and oxygen atoms in total. The van der Waals surface area contributed by atoms with Gasteiger partial charge in [0.05, 0.1) is 5.97 Å². The average molecular weight is 376 g/mol. The van der Waals surface area contributed by atoms with E-state index in [1.807, 2.05) is 0 Å². The molecule has 25 heavy (non-hydrogen) atoms. The molecule has 0 unspecified atom stereocenters. The van der Waals surface area contributed by atoms with Crippen LogP contribution >= 0.6 is 11.8 Å². The molecule has 0 atom stereocenters. The van der Waals surface area contributed by atoms with Crippen molar-refractivity contribution in [2.75, 3.05) is 18.1 Å². The van der Waals surface area contributed by atoms with Crippen LogP contribution in [0.2, 0.25) is 0 Å². The largest absolute Gasteiger partial charge is 0.549 e. The highest BCUT2D eigenvalue weighted by molar-refractivity contribution is 7.99. The molecule has 0 aromatic heterocycles. The smallest absolute Gasteiger partial charge is 0.437 e. The number of nitrogens with two attached hydrogens (primary N) is 1. The third-order valence-electron chi connectivity index (χ3n) is 2.17. The molecule has 0 radical (unpaired) electrons. The zero-order chi connectivity index (χ0) is 19.8. The maximum Gasteiger partial charge on any atom is 0.437 e. The van der Waals surface area contributed by atoms with Gasteiger partial charge in [0.25, 0.3) is 0 Å². The second-order valence-electron chi connectivity index (χ2n) is 7.01. The van der Waals surface area contributed by atoms with E-state index in [1.165, 1.54) is 0 Å². The summed E-state index contributed by atoms with van der Waals surface area (Å²) in [4.78, 5) is 38.9. The first-order valence-corrected chi connectivity index (χ1v) is 8.72. The van der Waals surface area contributed by atoms with Crippen LogP contribution in [0.4, 0.5) is 9.59 Å². The van der Waals surface area contributed by atoms with Gasteiger partial charge in [-0.1, -0.05) is 0 Å². The predicted molar refractivity (Wildman–Crippen MR) is 93.1 cm³/mol. The number of rotatable bonds is 5. The van der Waals surface area contributed by atoms with E-state index in [0.717, 1.165) is 16.7 Å². The van der Waals surface area contributed by atoms with E-state index < -0.39 is 35.3 Å². The topological polar surface area (TPSA) is 134 Å². The van der Waals surface area contributed by atoms with Crippen LogP contribution in [0.5, 0.6) is 0 Å². The fraction of sp³-hybridized carbons (Fsp3) is 0.733. The summed E-state index contributed by atoms with van der Waals surface area (Å²) in [5.41, 5.74) is 4.20. The Morgan fingerprint density at radius 1 is 1.08 bits per heavy atom. The van der Waals surface area contributed by atoms with Gasteiger partial charge in [-0.05, 0) is 41.5 Å². The minimum atomic E-state index is -1.22. The summed E-state index contributed by atoms with van der Waals surface area (Å²) in [6, 6.07) is 0. The Labute approximate surface area is 151 Å². The lowest BCUT2D eigenvalue weighted by atomic mass is 10.2. The number of hydrogen-bond acceptors (Lipinski definition) is 7. The first-order valence-electron chi connectivity index (χ1n) is 7.56. The van der Waals surface area contributed by atoms with Crippen LogP contribution in [0.15, 0.2) is 4.99 Å². The lowest BCUT2D eigenvalue weighted by molar-refractivity contribution is -0.301. The Balaban J connectivity index is 5.10. The van der Waals surface area contributed by atoms with Gasteiger partial charge in [0, 0.05) is 18.1 Å². The van der Waals surface area contributed by atoms with Crippen molar-refractivity contribution < 1.29 is 29.0 Å². The van der Waals surface area contributed by atoms with E-state index in [4.69, 9.17) is 15.2 Å². The highest BCUT2D eigenvalue weighted by Gasteiger charge is 2.26.